The maximum Gasteiger partial charge on any atom is 0.234 e. The first-order chi connectivity index (χ1) is 12.6. The second-order valence-electron chi connectivity index (χ2n) is 5.73. The van der Waals surface area contributed by atoms with Crippen molar-refractivity contribution in [2.45, 2.75) is 27.2 Å². The first-order valence-electron chi connectivity index (χ1n) is 8.48. The zero-order valence-electron chi connectivity index (χ0n) is 15.3. The summed E-state index contributed by atoms with van der Waals surface area (Å²) < 4.78 is 0. The molecule has 6 heteroatoms. The van der Waals surface area contributed by atoms with Crippen molar-refractivity contribution in [1.82, 2.24) is 10.4 Å². The number of carbonyl (C=O) groups is 1. The summed E-state index contributed by atoms with van der Waals surface area (Å²) in [6, 6.07) is 11.6. The van der Waals surface area contributed by atoms with E-state index in [1.807, 2.05) is 56.3 Å². The molecule has 1 heterocycles. The third-order valence-electron chi connectivity index (χ3n) is 3.48. The van der Waals surface area contributed by atoms with Gasteiger partial charge in [-0.05, 0) is 50.1 Å². The molecular weight excluding hydrogens is 344 g/mol. The van der Waals surface area contributed by atoms with E-state index in [0.29, 0.717) is 5.75 Å². The smallest absolute Gasteiger partial charge is 0.234 e. The molecular formula is C20H24N4OS. The lowest BCUT2D eigenvalue weighted by molar-refractivity contribution is -0.113. The van der Waals surface area contributed by atoms with Gasteiger partial charge in [-0.15, -0.1) is 0 Å². The number of aryl methyl sites for hydroxylation is 1. The second-order valence-corrected chi connectivity index (χ2v) is 6.75. The second kappa shape index (κ2) is 10.4. The van der Waals surface area contributed by atoms with Gasteiger partial charge in [0.15, 0.2) is 0 Å². The molecule has 0 saturated carbocycles. The molecule has 0 fully saturated rings. The van der Waals surface area contributed by atoms with Crippen LogP contribution in [-0.4, -0.2) is 22.4 Å². The lowest BCUT2D eigenvalue weighted by atomic mass is 10.2. The molecule has 2 aromatic rings. The number of amides is 1. The van der Waals surface area contributed by atoms with Crippen molar-refractivity contribution < 1.29 is 4.79 Å². The number of hydrogen-bond donors (Lipinski definition) is 2. The Kier molecular flexibility index (Phi) is 7.89. The van der Waals surface area contributed by atoms with Crippen LogP contribution >= 0.6 is 11.8 Å². The molecule has 0 radical (unpaired) electrons. The largest absolute Gasteiger partial charge is 0.325 e. The fraction of sp³-hybridized carbons (Fsp3) is 0.250. The number of nitrogens with zero attached hydrogens (tertiary/aromatic N) is 2. The minimum absolute atomic E-state index is 0.0424. The summed E-state index contributed by atoms with van der Waals surface area (Å²) in [7, 11) is 0. The molecule has 1 amide bonds. The number of hydrogen-bond acceptors (Lipinski definition) is 5. The van der Waals surface area contributed by atoms with Crippen LogP contribution in [0.3, 0.4) is 0 Å². The zero-order chi connectivity index (χ0) is 18.8. The molecule has 136 valence electrons. The van der Waals surface area contributed by atoms with Crippen LogP contribution < -0.4 is 10.7 Å². The van der Waals surface area contributed by atoms with E-state index in [0.717, 1.165) is 34.0 Å². The number of aromatic nitrogens is 1. The van der Waals surface area contributed by atoms with E-state index < -0.39 is 0 Å². The van der Waals surface area contributed by atoms with Gasteiger partial charge in [-0.2, -0.15) is 5.10 Å². The van der Waals surface area contributed by atoms with Gasteiger partial charge in [0.2, 0.25) is 5.91 Å². The van der Waals surface area contributed by atoms with Crippen molar-refractivity contribution >= 4 is 29.1 Å². The number of anilines is 1. The van der Waals surface area contributed by atoms with Gasteiger partial charge < -0.3 is 5.32 Å². The van der Waals surface area contributed by atoms with E-state index in [2.05, 4.69) is 27.8 Å². The third-order valence-corrected chi connectivity index (χ3v) is 4.46. The highest BCUT2D eigenvalue weighted by atomic mass is 32.2. The predicted octanol–water partition coefficient (Wildman–Crippen LogP) is 4.33. The fourth-order valence-corrected chi connectivity index (χ4v) is 2.94. The van der Waals surface area contributed by atoms with Crippen molar-refractivity contribution in [1.29, 1.82) is 0 Å². The summed E-state index contributed by atoms with van der Waals surface area (Å²) in [5, 5.41) is 8.18. The number of hydrazone groups is 1. The highest BCUT2D eigenvalue weighted by Crippen LogP contribution is 2.15. The molecule has 0 spiro atoms. The number of rotatable bonds is 8. The Balaban J connectivity index is 1.90. The van der Waals surface area contributed by atoms with Gasteiger partial charge in [0.1, 0.15) is 0 Å². The standard InChI is InChI=1S/C20H24N4OS/c1-4-6-20(24-23-16(3)17-9-11-21-12-10-17)26-14-19(25)22-18-8-5-7-15(2)13-18/h5-13,24H,4,14H2,1-3H3,(H,22,25)/b20-6+,23-16+. The van der Waals surface area contributed by atoms with E-state index in [1.54, 1.807) is 12.4 Å². The lowest BCUT2D eigenvalue weighted by Gasteiger charge is -2.09. The van der Waals surface area contributed by atoms with E-state index in [9.17, 15) is 4.79 Å². The van der Waals surface area contributed by atoms with Gasteiger partial charge in [0.05, 0.1) is 16.5 Å². The molecule has 2 N–H and O–H groups in total. The van der Waals surface area contributed by atoms with Gasteiger partial charge in [-0.1, -0.05) is 36.9 Å². The summed E-state index contributed by atoms with van der Waals surface area (Å²) in [6.45, 7) is 5.98. The SMILES string of the molecule is CC/C=C(\N/N=C(\C)c1ccncc1)SCC(=O)Nc1cccc(C)c1. The molecule has 1 aromatic heterocycles. The quantitative estimate of drug-likeness (QED) is 0.538. The third kappa shape index (κ3) is 6.72. The Morgan fingerprint density at radius 1 is 1.27 bits per heavy atom. The normalized spacial score (nSPS) is 12.0. The molecule has 5 nitrogen and oxygen atoms in total. The van der Waals surface area contributed by atoms with Gasteiger partial charge in [-0.25, -0.2) is 0 Å². The van der Waals surface area contributed by atoms with E-state index in [-0.39, 0.29) is 5.91 Å². The first kappa shape index (κ1) is 19.7. The molecule has 0 unspecified atom stereocenters. The Hall–Kier alpha value is -2.60. The first-order valence-corrected chi connectivity index (χ1v) is 9.47. The molecule has 0 aliphatic heterocycles. The lowest BCUT2D eigenvalue weighted by Crippen LogP contribution is -2.16. The van der Waals surface area contributed by atoms with Crippen LogP contribution in [-0.2, 0) is 4.79 Å². The molecule has 0 bridgehead atoms. The summed E-state index contributed by atoms with van der Waals surface area (Å²) in [5.41, 5.74) is 6.86. The van der Waals surface area contributed by atoms with Gasteiger partial charge in [0.25, 0.3) is 0 Å². The highest BCUT2D eigenvalue weighted by Gasteiger charge is 2.06. The minimum Gasteiger partial charge on any atom is -0.325 e. The summed E-state index contributed by atoms with van der Waals surface area (Å²) in [4.78, 5) is 16.2. The molecule has 2 rings (SSSR count). The molecule has 0 aliphatic rings. The number of pyridine rings is 1. The van der Waals surface area contributed by atoms with Crippen LogP contribution in [0, 0.1) is 6.92 Å². The van der Waals surface area contributed by atoms with Gasteiger partial charge >= 0.3 is 0 Å². The molecule has 0 saturated heterocycles. The van der Waals surface area contributed by atoms with Crippen molar-refractivity contribution in [3.05, 3.63) is 71.0 Å². The summed E-state index contributed by atoms with van der Waals surface area (Å²) in [6.07, 6.45) is 6.36. The fourth-order valence-electron chi connectivity index (χ4n) is 2.18. The number of allylic oxidation sites excluding steroid dienone is 1. The number of nitrogens with one attached hydrogen (secondary N) is 2. The van der Waals surface area contributed by atoms with Crippen molar-refractivity contribution in [3.63, 3.8) is 0 Å². The number of thioether (sulfide) groups is 1. The van der Waals surface area contributed by atoms with Gasteiger partial charge in [-0.3, -0.25) is 15.2 Å². The van der Waals surface area contributed by atoms with E-state index in [1.165, 1.54) is 11.8 Å². The summed E-state index contributed by atoms with van der Waals surface area (Å²) in [5.74, 6) is 0.274. The molecule has 1 aromatic carbocycles. The molecule has 0 aliphatic carbocycles. The Bertz CT molecular complexity index is 787. The predicted molar refractivity (Wildman–Crippen MR) is 110 cm³/mol. The Morgan fingerprint density at radius 3 is 2.73 bits per heavy atom. The van der Waals surface area contributed by atoms with Crippen molar-refractivity contribution in [3.8, 4) is 0 Å². The van der Waals surface area contributed by atoms with Crippen LogP contribution in [0.5, 0.6) is 0 Å². The van der Waals surface area contributed by atoms with Gasteiger partial charge in [0, 0.05) is 23.6 Å². The maximum atomic E-state index is 12.2. The van der Waals surface area contributed by atoms with Crippen LogP contribution in [0.4, 0.5) is 5.69 Å². The average molecular weight is 369 g/mol. The zero-order valence-corrected chi connectivity index (χ0v) is 16.1. The molecule has 0 atom stereocenters. The minimum atomic E-state index is -0.0424. The topological polar surface area (TPSA) is 66.4 Å². The van der Waals surface area contributed by atoms with E-state index >= 15 is 0 Å². The summed E-state index contributed by atoms with van der Waals surface area (Å²) >= 11 is 1.43. The Morgan fingerprint density at radius 2 is 2.04 bits per heavy atom. The van der Waals surface area contributed by atoms with Crippen molar-refractivity contribution in [2.75, 3.05) is 11.1 Å². The van der Waals surface area contributed by atoms with Crippen LogP contribution in [0.15, 0.2) is 65.0 Å². The van der Waals surface area contributed by atoms with Crippen LogP contribution in [0.1, 0.15) is 31.4 Å². The van der Waals surface area contributed by atoms with E-state index in [4.69, 9.17) is 0 Å². The monoisotopic (exact) mass is 368 g/mol. The number of benzene rings is 1. The highest BCUT2D eigenvalue weighted by molar-refractivity contribution is 8.03. The van der Waals surface area contributed by atoms with Crippen LogP contribution in [0.2, 0.25) is 0 Å². The average Bonchev–Trinajstić information content (AvgIpc) is 2.64. The maximum absolute atomic E-state index is 12.2. The van der Waals surface area contributed by atoms with Crippen LogP contribution in [0.25, 0.3) is 0 Å². The Labute approximate surface area is 159 Å². The molecule has 26 heavy (non-hydrogen) atoms. The van der Waals surface area contributed by atoms with Crippen molar-refractivity contribution in [2.24, 2.45) is 5.10 Å². The number of carbonyl (C=O) groups excluding carboxylic acids is 1.